The molecule has 5 nitrogen and oxygen atoms in total. The SMILES string of the molecule is O=C(NC1CCCCC1)N1CC[C@H]2CC(=O)N(c3ccccc3)CC[C@@H]2C1. The number of piperidine rings is 1. The normalized spacial score (nSPS) is 27.0. The number of carbonyl (C=O) groups excluding carboxylic acids is 2. The van der Waals surface area contributed by atoms with E-state index >= 15 is 0 Å². The molecule has 0 bridgehead atoms. The Morgan fingerprint density at radius 2 is 1.67 bits per heavy atom. The van der Waals surface area contributed by atoms with Crippen LogP contribution in [0, 0.1) is 11.8 Å². The molecule has 3 amide bonds. The van der Waals surface area contributed by atoms with Crippen LogP contribution in [0.4, 0.5) is 10.5 Å². The largest absolute Gasteiger partial charge is 0.335 e. The van der Waals surface area contributed by atoms with E-state index in [0.717, 1.165) is 51.0 Å². The molecule has 0 aromatic heterocycles. The Balaban J connectivity index is 1.36. The highest BCUT2D eigenvalue weighted by molar-refractivity contribution is 5.93. The predicted molar refractivity (Wildman–Crippen MR) is 107 cm³/mol. The zero-order valence-corrected chi connectivity index (χ0v) is 16.1. The average Bonchev–Trinajstić information content (AvgIpc) is 2.87. The van der Waals surface area contributed by atoms with E-state index < -0.39 is 0 Å². The topological polar surface area (TPSA) is 52.7 Å². The second kappa shape index (κ2) is 8.32. The van der Waals surface area contributed by atoms with Crippen LogP contribution in [-0.2, 0) is 4.79 Å². The first kappa shape index (κ1) is 18.3. The molecule has 0 radical (unpaired) electrons. The van der Waals surface area contributed by atoms with Crippen LogP contribution in [-0.4, -0.2) is 42.5 Å². The van der Waals surface area contributed by atoms with Crippen molar-refractivity contribution < 1.29 is 9.59 Å². The summed E-state index contributed by atoms with van der Waals surface area (Å²) in [7, 11) is 0. The minimum atomic E-state index is 0.107. The molecule has 3 aliphatic rings. The van der Waals surface area contributed by atoms with Crippen molar-refractivity contribution in [2.75, 3.05) is 24.5 Å². The van der Waals surface area contributed by atoms with Crippen molar-refractivity contribution in [2.24, 2.45) is 11.8 Å². The Hall–Kier alpha value is -2.04. The number of rotatable bonds is 2. The number of fused-ring (bicyclic) bond motifs is 1. The van der Waals surface area contributed by atoms with E-state index in [1.54, 1.807) is 0 Å². The number of para-hydroxylation sites is 1. The van der Waals surface area contributed by atoms with Gasteiger partial charge in [0, 0.05) is 37.8 Å². The molecule has 3 fully saturated rings. The molecule has 2 aliphatic heterocycles. The Kier molecular flexibility index (Phi) is 5.65. The lowest BCUT2D eigenvalue weighted by atomic mass is 9.82. The average molecular weight is 370 g/mol. The number of hydrogen-bond acceptors (Lipinski definition) is 2. The van der Waals surface area contributed by atoms with Gasteiger partial charge in [-0.3, -0.25) is 4.79 Å². The Morgan fingerprint density at radius 1 is 0.926 bits per heavy atom. The molecular formula is C22H31N3O2. The van der Waals surface area contributed by atoms with Crippen LogP contribution in [0.1, 0.15) is 51.4 Å². The van der Waals surface area contributed by atoms with Gasteiger partial charge in [0.05, 0.1) is 0 Å². The number of amides is 3. The van der Waals surface area contributed by atoms with E-state index in [0.29, 0.717) is 24.3 Å². The molecule has 1 aliphatic carbocycles. The lowest BCUT2D eigenvalue weighted by molar-refractivity contribution is -0.119. The predicted octanol–water partition coefficient (Wildman–Crippen LogP) is 3.79. The minimum Gasteiger partial charge on any atom is -0.335 e. The molecule has 0 spiro atoms. The highest BCUT2D eigenvalue weighted by Gasteiger charge is 2.37. The number of nitrogens with zero attached hydrogens (tertiary/aromatic N) is 2. The Labute approximate surface area is 162 Å². The summed E-state index contributed by atoms with van der Waals surface area (Å²) in [6.45, 7) is 2.32. The van der Waals surface area contributed by atoms with E-state index in [9.17, 15) is 9.59 Å². The van der Waals surface area contributed by atoms with Crippen LogP contribution in [0.15, 0.2) is 30.3 Å². The minimum absolute atomic E-state index is 0.107. The molecule has 27 heavy (non-hydrogen) atoms. The molecule has 5 heteroatoms. The summed E-state index contributed by atoms with van der Waals surface area (Å²) in [6, 6.07) is 10.4. The van der Waals surface area contributed by atoms with Gasteiger partial charge in [0.15, 0.2) is 0 Å². The maximum absolute atomic E-state index is 12.8. The maximum atomic E-state index is 12.8. The summed E-state index contributed by atoms with van der Waals surface area (Å²) in [5, 5.41) is 3.25. The highest BCUT2D eigenvalue weighted by atomic mass is 16.2. The van der Waals surface area contributed by atoms with E-state index in [1.165, 1.54) is 19.3 Å². The van der Waals surface area contributed by atoms with Crippen molar-refractivity contribution in [3.05, 3.63) is 30.3 Å². The van der Waals surface area contributed by atoms with Crippen molar-refractivity contribution in [3.63, 3.8) is 0 Å². The standard InChI is InChI=1S/C22H31N3O2/c26-21-15-17-11-13-24(22(27)23-19-7-3-1-4-8-19)16-18(17)12-14-25(21)20-9-5-2-6-10-20/h2,5-6,9-10,17-19H,1,3-4,7-8,11-16H2,(H,23,27)/t17-,18+/m0/s1. The van der Waals surface area contributed by atoms with Gasteiger partial charge in [-0.1, -0.05) is 37.5 Å². The summed E-state index contributed by atoms with van der Waals surface area (Å²) in [4.78, 5) is 29.4. The number of carbonyl (C=O) groups is 2. The van der Waals surface area contributed by atoms with Gasteiger partial charge in [0.2, 0.25) is 5.91 Å². The Bertz CT molecular complexity index is 657. The molecule has 2 atom stereocenters. The smallest absolute Gasteiger partial charge is 0.317 e. The molecule has 2 heterocycles. The third-order valence-corrected chi connectivity index (χ3v) is 6.64. The third-order valence-electron chi connectivity index (χ3n) is 6.64. The summed E-state index contributed by atoms with van der Waals surface area (Å²) < 4.78 is 0. The fraction of sp³-hybridized carbons (Fsp3) is 0.636. The molecule has 146 valence electrons. The van der Waals surface area contributed by atoms with Crippen LogP contribution in [0.25, 0.3) is 0 Å². The monoisotopic (exact) mass is 369 g/mol. The van der Waals surface area contributed by atoms with Crippen LogP contribution in [0.5, 0.6) is 0 Å². The fourth-order valence-electron chi connectivity index (χ4n) is 5.01. The fourth-order valence-corrected chi connectivity index (χ4v) is 5.01. The molecule has 1 aromatic rings. The summed E-state index contributed by atoms with van der Waals surface area (Å²) in [5.41, 5.74) is 0.994. The summed E-state index contributed by atoms with van der Waals surface area (Å²) in [5.74, 6) is 1.06. The second-order valence-corrected chi connectivity index (χ2v) is 8.41. The number of anilines is 1. The zero-order chi connectivity index (χ0) is 18.6. The van der Waals surface area contributed by atoms with Gasteiger partial charge in [0.25, 0.3) is 0 Å². The quantitative estimate of drug-likeness (QED) is 0.862. The lowest BCUT2D eigenvalue weighted by Crippen LogP contribution is -2.50. The summed E-state index contributed by atoms with van der Waals surface area (Å²) in [6.07, 6.45) is 8.51. The van der Waals surface area contributed by atoms with Gasteiger partial charge in [0.1, 0.15) is 0 Å². The number of nitrogens with one attached hydrogen (secondary N) is 1. The third kappa shape index (κ3) is 4.28. The van der Waals surface area contributed by atoms with E-state index in [-0.39, 0.29) is 11.9 Å². The van der Waals surface area contributed by atoms with Gasteiger partial charge in [-0.25, -0.2) is 4.79 Å². The maximum Gasteiger partial charge on any atom is 0.317 e. The zero-order valence-electron chi connectivity index (χ0n) is 16.1. The van der Waals surface area contributed by atoms with Gasteiger partial charge in [-0.2, -0.15) is 0 Å². The molecule has 1 aromatic carbocycles. The van der Waals surface area contributed by atoms with E-state index in [2.05, 4.69) is 5.32 Å². The van der Waals surface area contributed by atoms with Crippen molar-refractivity contribution in [2.45, 2.75) is 57.4 Å². The molecule has 0 unspecified atom stereocenters. The molecule has 2 saturated heterocycles. The van der Waals surface area contributed by atoms with Crippen molar-refractivity contribution >= 4 is 17.6 Å². The van der Waals surface area contributed by atoms with Crippen LogP contribution < -0.4 is 10.2 Å². The summed E-state index contributed by atoms with van der Waals surface area (Å²) >= 11 is 0. The molecule has 4 rings (SSSR count). The van der Waals surface area contributed by atoms with Gasteiger partial charge < -0.3 is 15.1 Å². The van der Waals surface area contributed by atoms with Crippen molar-refractivity contribution in [3.8, 4) is 0 Å². The van der Waals surface area contributed by atoms with Gasteiger partial charge in [-0.15, -0.1) is 0 Å². The molecular weight excluding hydrogens is 338 g/mol. The number of benzene rings is 1. The number of likely N-dealkylation sites (tertiary alicyclic amines) is 1. The van der Waals surface area contributed by atoms with Crippen molar-refractivity contribution in [1.29, 1.82) is 0 Å². The van der Waals surface area contributed by atoms with Crippen molar-refractivity contribution in [1.82, 2.24) is 10.2 Å². The first-order valence-corrected chi connectivity index (χ1v) is 10.6. The Morgan fingerprint density at radius 3 is 2.44 bits per heavy atom. The van der Waals surface area contributed by atoms with E-state index in [1.807, 2.05) is 40.1 Å². The van der Waals surface area contributed by atoms with Gasteiger partial charge >= 0.3 is 6.03 Å². The second-order valence-electron chi connectivity index (χ2n) is 8.41. The van der Waals surface area contributed by atoms with E-state index in [4.69, 9.17) is 0 Å². The molecule has 1 saturated carbocycles. The highest BCUT2D eigenvalue weighted by Crippen LogP contribution is 2.34. The van der Waals surface area contributed by atoms with Gasteiger partial charge in [-0.05, 0) is 49.7 Å². The molecule has 1 N–H and O–H groups in total. The van der Waals surface area contributed by atoms with Crippen LogP contribution >= 0.6 is 0 Å². The van der Waals surface area contributed by atoms with Crippen LogP contribution in [0.3, 0.4) is 0 Å². The van der Waals surface area contributed by atoms with Crippen LogP contribution in [0.2, 0.25) is 0 Å². The first-order chi connectivity index (χ1) is 13.2. The lowest BCUT2D eigenvalue weighted by Gasteiger charge is -2.38. The number of urea groups is 1. The number of hydrogen-bond donors (Lipinski definition) is 1. The first-order valence-electron chi connectivity index (χ1n) is 10.6.